The van der Waals surface area contributed by atoms with Gasteiger partial charge in [0, 0.05) is 11.0 Å². The second kappa shape index (κ2) is 6.18. The van der Waals surface area contributed by atoms with Crippen LogP contribution in [0.3, 0.4) is 0 Å². The smallest absolute Gasteiger partial charge is 0.244 e. The third kappa shape index (κ3) is 2.96. The molecule has 1 heterocycles. The number of anilines is 1. The van der Waals surface area contributed by atoms with E-state index in [1.165, 1.54) is 0 Å². The molecule has 1 aromatic rings. The number of nitriles is 1. The van der Waals surface area contributed by atoms with Crippen molar-refractivity contribution in [3.63, 3.8) is 0 Å². The van der Waals surface area contributed by atoms with Gasteiger partial charge in [-0.1, -0.05) is 22.9 Å². The van der Waals surface area contributed by atoms with E-state index in [0.29, 0.717) is 17.8 Å². The van der Waals surface area contributed by atoms with Crippen LogP contribution in [-0.4, -0.2) is 25.0 Å². The summed E-state index contributed by atoms with van der Waals surface area (Å²) in [6, 6.07) is 7.41. The van der Waals surface area contributed by atoms with Gasteiger partial charge in [0.15, 0.2) is 0 Å². The third-order valence-electron chi connectivity index (χ3n) is 3.26. The second-order valence-corrected chi connectivity index (χ2v) is 5.43. The maximum Gasteiger partial charge on any atom is 0.244 e. The zero-order valence-corrected chi connectivity index (χ0v) is 12.4. The molecule has 0 radical (unpaired) electrons. The Balaban J connectivity index is 2.33. The first-order valence-corrected chi connectivity index (χ1v) is 7.21. The molecule has 1 aliphatic heterocycles. The number of halogens is 1. The molecule has 1 amide bonds. The van der Waals surface area contributed by atoms with Crippen molar-refractivity contribution < 1.29 is 4.79 Å². The summed E-state index contributed by atoms with van der Waals surface area (Å²) in [5.74, 6) is 0.0581. The van der Waals surface area contributed by atoms with E-state index in [4.69, 9.17) is 0 Å². The first-order valence-electron chi connectivity index (χ1n) is 6.41. The molecule has 1 unspecified atom stereocenters. The number of piperidine rings is 1. The van der Waals surface area contributed by atoms with E-state index in [0.717, 1.165) is 23.9 Å². The maximum absolute atomic E-state index is 12.4. The lowest BCUT2D eigenvalue weighted by molar-refractivity contribution is -0.121. The van der Waals surface area contributed by atoms with Crippen LogP contribution in [0.4, 0.5) is 5.69 Å². The summed E-state index contributed by atoms with van der Waals surface area (Å²) in [5, 5.41) is 12.4. The van der Waals surface area contributed by atoms with E-state index in [2.05, 4.69) is 27.3 Å². The maximum atomic E-state index is 12.4. The van der Waals surface area contributed by atoms with Crippen LogP contribution in [0.5, 0.6) is 0 Å². The van der Waals surface area contributed by atoms with Crippen LogP contribution >= 0.6 is 15.9 Å². The number of carbonyl (C=O) groups excluding carboxylic acids is 1. The van der Waals surface area contributed by atoms with Gasteiger partial charge in [-0.25, -0.2) is 0 Å². The molecular formula is C14H16BrN3O. The molecule has 1 atom stereocenters. The van der Waals surface area contributed by atoms with Crippen molar-refractivity contribution in [2.45, 2.75) is 25.8 Å². The number of carbonyl (C=O) groups is 1. The predicted molar refractivity (Wildman–Crippen MR) is 77.9 cm³/mol. The van der Waals surface area contributed by atoms with Crippen LogP contribution in [0, 0.1) is 11.3 Å². The van der Waals surface area contributed by atoms with Crippen LogP contribution < -0.4 is 10.2 Å². The topological polar surface area (TPSA) is 56.1 Å². The minimum atomic E-state index is -0.135. The fourth-order valence-corrected chi connectivity index (χ4v) is 2.72. The normalized spacial score (nSPS) is 19.3. The SMILES string of the molecule is CCNC1CCCN(c2cc(Br)ccc2C#N)C1=O. The van der Waals surface area contributed by atoms with E-state index in [1.807, 2.05) is 19.1 Å². The lowest BCUT2D eigenvalue weighted by Gasteiger charge is -2.33. The van der Waals surface area contributed by atoms with Gasteiger partial charge in [-0.05, 0) is 37.6 Å². The number of nitrogens with one attached hydrogen (secondary N) is 1. The van der Waals surface area contributed by atoms with Crippen molar-refractivity contribution in [2.75, 3.05) is 18.0 Å². The van der Waals surface area contributed by atoms with Gasteiger partial charge in [0.25, 0.3) is 0 Å². The minimum Gasteiger partial charge on any atom is -0.310 e. The fraction of sp³-hybridized carbons (Fsp3) is 0.429. The summed E-state index contributed by atoms with van der Waals surface area (Å²) >= 11 is 3.39. The molecule has 1 aliphatic rings. The Morgan fingerprint density at radius 3 is 3.05 bits per heavy atom. The van der Waals surface area contributed by atoms with Crippen molar-refractivity contribution in [2.24, 2.45) is 0 Å². The van der Waals surface area contributed by atoms with E-state index in [9.17, 15) is 10.1 Å². The first kappa shape index (κ1) is 14.0. The van der Waals surface area contributed by atoms with Crippen LogP contribution in [0.1, 0.15) is 25.3 Å². The summed E-state index contributed by atoms with van der Waals surface area (Å²) < 4.78 is 0.875. The Labute approximate surface area is 121 Å². The Kier molecular flexibility index (Phi) is 4.56. The average Bonchev–Trinajstić information content (AvgIpc) is 2.41. The highest BCUT2D eigenvalue weighted by Crippen LogP contribution is 2.28. The Morgan fingerprint density at radius 1 is 1.58 bits per heavy atom. The highest BCUT2D eigenvalue weighted by atomic mass is 79.9. The van der Waals surface area contributed by atoms with E-state index < -0.39 is 0 Å². The summed E-state index contributed by atoms with van der Waals surface area (Å²) in [6.07, 6.45) is 1.81. The summed E-state index contributed by atoms with van der Waals surface area (Å²) in [5.41, 5.74) is 1.23. The van der Waals surface area contributed by atoms with Crippen molar-refractivity contribution in [3.05, 3.63) is 28.2 Å². The van der Waals surface area contributed by atoms with Gasteiger partial charge in [0.2, 0.25) is 5.91 Å². The number of likely N-dealkylation sites (N-methyl/N-ethyl adjacent to an activating group) is 1. The van der Waals surface area contributed by atoms with Crippen molar-refractivity contribution in [1.82, 2.24) is 5.32 Å². The fourth-order valence-electron chi connectivity index (χ4n) is 2.37. The number of amides is 1. The molecule has 19 heavy (non-hydrogen) atoms. The monoisotopic (exact) mass is 321 g/mol. The number of hydrogen-bond donors (Lipinski definition) is 1. The van der Waals surface area contributed by atoms with E-state index >= 15 is 0 Å². The zero-order valence-electron chi connectivity index (χ0n) is 10.8. The molecule has 0 bridgehead atoms. The summed E-state index contributed by atoms with van der Waals surface area (Å²) in [4.78, 5) is 14.2. The molecule has 1 fully saturated rings. The third-order valence-corrected chi connectivity index (χ3v) is 3.75. The van der Waals surface area contributed by atoms with Crippen molar-refractivity contribution >= 4 is 27.5 Å². The lowest BCUT2D eigenvalue weighted by Crippen LogP contribution is -2.51. The molecule has 0 aliphatic carbocycles. The lowest BCUT2D eigenvalue weighted by atomic mass is 10.0. The van der Waals surface area contributed by atoms with Gasteiger partial charge in [-0.3, -0.25) is 4.79 Å². The van der Waals surface area contributed by atoms with Gasteiger partial charge in [0.05, 0.1) is 17.3 Å². The molecular weight excluding hydrogens is 306 g/mol. The predicted octanol–water partition coefficient (Wildman–Crippen LogP) is 2.43. The molecule has 100 valence electrons. The number of benzene rings is 1. The van der Waals surface area contributed by atoms with Gasteiger partial charge in [-0.15, -0.1) is 0 Å². The zero-order chi connectivity index (χ0) is 13.8. The van der Waals surface area contributed by atoms with Crippen LogP contribution in [-0.2, 0) is 4.79 Å². The molecule has 0 spiro atoms. The highest BCUT2D eigenvalue weighted by molar-refractivity contribution is 9.10. The van der Waals surface area contributed by atoms with Crippen LogP contribution in [0.25, 0.3) is 0 Å². The summed E-state index contributed by atoms with van der Waals surface area (Å²) in [6.45, 7) is 3.44. The first-order chi connectivity index (χ1) is 9.17. The van der Waals surface area contributed by atoms with E-state index in [1.54, 1.807) is 11.0 Å². The van der Waals surface area contributed by atoms with Crippen molar-refractivity contribution in [3.8, 4) is 6.07 Å². The Morgan fingerprint density at radius 2 is 2.37 bits per heavy atom. The molecule has 4 nitrogen and oxygen atoms in total. The number of rotatable bonds is 3. The van der Waals surface area contributed by atoms with Crippen LogP contribution in [0.2, 0.25) is 0 Å². The summed E-state index contributed by atoms with van der Waals surface area (Å²) in [7, 11) is 0. The molecule has 1 N–H and O–H groups in total. The number of nitrogens with zero attached hydrogens (tertiary/aromatic N) is 2. The molecule has 0 saturated carbocycles. The second-order valence-electron chi connectivity index (χ2n) is 4.52. The molecule has 0 aromatic heterocycles. The van der Waals surface area contributed by atoms with Gasteiger partial charge in [0.1, 0.15) is 6.07 Å². The van der Waals surface area contributed by atoms with E-state index in [-0.39, 0.29) is 11.9 Å². The van der Waals surface area contributed by atoms with Gasteiger partial charge >= 0.3 is 0 Å². The van der Waals surface area contributed by atoms with Gasteiger partial charge < -0.3 is 10.2 Å². The molecule has 1 aromatic carbocycles. The van der Waals surface area contributed by atoms with Crippen molar-refractivity contribution in [1.29, 1.82) is 5.26 Å². The Bertz CT molecular complexity index is 522. The number of hydrogen-bond acceptors (Lipinski definition) is 3. The molecule has 2 rings (SSSR count). The van der Waals surface area contributed by atoms with Gasteiger partial charge in [-0.2, -0.15) is 5.26 Å². The largest absolute Gasteiger partial charge is 0.310 e. The average molecular weight is 322 g/mol. The quantitative estimate of drug-likeness (QED) is 0.930. The van der Waals surface area contributed by atoms with Crippen LogP contribution in [0.15, 0.2) is 22.7 Å². The Hall–Kier alpha value is -1.38. The molecule has 1 saturated heterocycles. The highest BCUT2D eigenvalue weighted by Gasteiger charge is 2.30. The standard InChI is InChI=1S/C14H16BrN3O/c1-2-17-12-4-3-7-18(14(12)19)13-8-11(15)6-5-10(13)9-16/h5-6,8,12,17H,2-4,7H2,1H3. The molecule has 5 heteroatoms. The minimum absolute atomic E-state index is 0.0581.